The zero-order valence-electron chi connectivity index (χ0n) is 9.92. The fourth-order valence-electron chi connectivity index (χ4n) is 1.38. The third kappa shape index (κ3) is 4.96. The molecule has 0 unspecified atom stereocenters. The lowest BCUT2D eigenvalue weighted by Crippen LogP contribution is -2.39. The average molecular weight is 207 g/mol. The van der Waals surface area contributed by atoms with Crippen LogP contribution >= 0.6 is 0 Å². The normalized spacial score (nSPS) is 11.7. The second-order valence-corrected chi connectivity index (χ2v) is 4.47. The zero-order chi connectivity index (χ0) is 11.1. The molecule has 1 rings (SSSR count). The van der Waals surface area contributed by atoms with Crippen molar-refractivity contribution in [1.29, 1.82) is 0 Å². The van der Waals surface area contributed by atoms with E-state index >= 15 is 0 Å². The van der Waals surface area contributed by atoms with Crippen LogP contribution in [0.1, 0.15) is 25.8 Å². The molecule has 2 nitrogen and oxygen atoms in total. The predicted octanol–water partition coefficient (Wildman–Crippen LogP) is 2.59. The third-order valence-corrected chi connectivity index (χ3v) is 2.55. The Bertz CT molecular complexity index is 269. The molecular formula is C13H21NO. The second-order valence-electron chi connectivity index (χ2n) is 4.47. The molecule has 2 heteroatoms. The first-order valence-electron chi connectivity index (χ1n) is 5.42. The highest BCUT2D eigenvalue weighted by atomic mass is 16.5. The summed E-state index contributed by atoms with van der Waals surface area (Å²) >= 11 is 0. The highest BCUT2D eigenvalue weighted by Gasteiger charge is 2.15. The highest BCUT2D eigenvalue weighted by Crippen LogP contribution is 2.09. The first-order chi connectivity index (χ1) is 7.14. The lowest BCUT2D eigenvalue weighted by atomic mass is 10.0. The SMILES string of the molecule is COCCC(C)(C)NCc1ccccc1. The molecule has 0 spiro atoms. The van der Waals surface area contributed by atoms with Crippen LogP contribution in [0.3, 0.4) is 0 Å². The van der Waals surface area contributed by atoms with E-state index in [1.165, 1.54) is 5.56 Å². The van der Waals surface area contributed by atoms with Crippen LogP contribution in [0.15, 0.2) is 30.3 Å². The van der Waals surface area contributed by atoms with Crippen LogP contribution in [0.4, 0.5) is 0 Å². The van der Waals surface area contributed by atoms with Crippen molar-refractivity contribution in [3.8, 4) is 0 Å². The van der Waals surface area contributed by atoms with Gasteiger partial charge in [0.1, 0.15) is 0 Å². The van der Waals surface area contributed by atoms with E-state index in [2.05, 4.69) is 43.4 Å². The van der Waals surface area contributed by atoms with E-state index in [1.807, 2.05) is 6.07 Å². The van der Waals surface area contributed by atoms with Crippen molar-refractivity contribution in [2.24, 2.45) is 0 Å². The Morgan fingerprint density at radius 1 is 1.20 bits per heavy atom. The summed E-state index contributed by atoms with van der Waals surface area (Å²) in [6.45, 7) is 6.12. The molecule has 0 heterocycles. The molecule has 1 aromatic rings. The van der Waals surface area contributed by atoms with Crippen LogP contribution in [0.5, 0.6) is 0 Å². The number of rotatable bonds is 6. The van der Waals surface area contributed by atoms with E-state index < -0.39 is 0 Å². The molecular weight excluding hydrogens is 186 g/mol. The molecule has 0 saturated heterocycles. The van der Waals surface area contributed by atoms with Crippen molar-refractivity contribution < 1.29 is 4.74 Å². The summed E-state index contributed by atoms with van der Waals surface area (Å²) in [6, 6.07) is 10.5. The zero-order valence-corrected chi connectivity index (χ0v) is 9.92. The summed E-state index contributed by atoms with van der Waals surface area (Å²) in [5.41, 5.74) is 1.45. The number of benzene rings is 1. The largest absolute Gasteiger partial charge is 0.385 e. The monoisotopic (exact) mass is 207 g/mol. The van der Waals surface area contributed by atoms with Gasteiger partial charge in [-0.3, -0.25) is 0 Å². The van der Waals surface area contributed by atoms with Gasteiger partial charge in [-0.2, -0.15) is 0 Å². The minimum absolute atomic E-state index is 0.131. The van der Waals surface area contributed by atoms with Crippen molar-refractivity contribution in [3.05, 3.63) is 35.9 Å². The van der Waals surface area contributed by atoms with Crippen molar-refractivity contribution in [1.82, 2.24) is 5.32 Å². The van der Waals surface area contributed by atoms with Gasteiger partial charge in [0.15, 0.2) is 0 Å². The molecule has 0 aromatic heterocycles. The van der Waals surface area contributed by atoms with Crippen molar-refractivity contribution in [2.45, 2.75) is 32.4 Å². The molecule has 1 N–H and O–H groups in total. The average Bonchev–Trinajstić information content (AvgIpc) is 2.25. The van der Waals surface area contributed by atoms with Crippen molar-refractivity contribution in [2.75, 3.05) is 13.7 Å². The van der Waals surface area contributed by atoms with Crippen LogP contribution in [0.25, 0.3) is 0 Å². The number of hydrogen-bond acceptors (Lipinski definition) is 2. The fourth-order valence-corrected chi connectivity index (χ4v) is 1.38. The van der Waals surface area contributed by atoms with E-state index in [9.17, 15) is 0 Å². The van der Waals surface area contributed by atoms with E-state index in [0.29, 0.717) is 0 Å². The second kappa shape index (κ2) is 5.89. The molecule has 84 valence electrons. The summed E-state index contributed by atoms with van der Waals surface area (Å²) in [4.78, 5) is 0. The van der Waals surface area contributed by atoms with Gasteiger partial charge >= 0.3 is 0 Å². The molecule has 0 amide bonds. The van der Waals surface area contributed by atoms with Crippen LogP contribution in [-0.2, 0) is 11.3 Å². The molecule has 0 aliphatic carbocycles. The number of methoxy groups -OCH3 is 1. The Morgan fingerprint density at radius 3 is 2.47 bits per heavy atom. The molecule has 0 bridgehead atoms. The van der Waals surface area contributed by atoms with Gasteiger partial charge in [-0.1, -0.05) is 30.3 Å². The lowest BCUT2D eigenvalue weighted by molar-refractivity contribution is 0.164. The minimum Gasteiger partial charge on any atom is -0.385 e. The molecule has 0 saturated carbocycles. The van der Waals surface area contributed by atoms with E-state index in [0.717, 1.165) is 19.6 Å². The van der Waals surface area contributed by atoms with E-state index in [4.69, 9.17) is 4.74 Å². The number of hydrogen-bond donors (Lipinski definition) is 1. The fraction of sp³-hybridized carbons (Fsp3) is 0.538. The Balaban J connectivity index is 2.35. The molecule has 0 atom stereocenters. The Labute approximate surface area is 92.6 Å². The summed E-state index contributed by atoms with van der Waals surface area (Å²) < 4.78 is 5.09. The van der Waals surface area contributed by atoms with Gasteiger partial charge in [0, 0.05) is 25.8 Å². The molecule has 15 heavy (non-hydrogen) atoms. The summed E-state index contributed by atoms with van der Waals surface area (Å²) in [6.07, 6.45) is 1.02. The summed E-state index contributed by atoms with van der Waals surface area (Å²) in [7, 11) is 1.74. The molecule has 0 fully saturated rings. The van der Waals surface area contributed by atoms with Crippen LogP contribution < -0.4 is 5.32 Å². The van der Waals surface area contributed by atoms with Crippen molar-refractivity contribution >= 4 is 0 Å². The van der Waals surface area contributed by atoms with Gasteiger partial charge in [-0.05, 0) is 25.8 Å². The van der Waals surface area contributed by atoms with Crippen molar-refractivity contribution in [3.63, 3.8) is 0 Å². The molecule has 0 aliphatic heterocycles. The smallest absolute Gasteiger partial charge is 0.0479 e. The highest BCUT2D eigenvalue weighted by molar-refractivity contribution is 5.14. The Morgan fingerprint density at radius 2 is 1.87 bits per heavy atom. The summed E-state index contributed by atoms with van der Waals surface area (Å²) in [5, 5.41) is 3.53. The Hall–Kier alpha value is -0.860. The van der Waals surface area contributed by atoms with Crippen LogP contribution in [0.2, 0.25) is 0 Å². The van der Waals surface area contributed by atoms with E-state index in [-0.39, 0.29) is 5.54 Å². The first-order valence-corrected chi connectivity index (χ1v) is 5.42. The summed E-state index contributed by atoms with van der Waals surface area (Å²) in [5.74, 6) is 0. The maximum atomic E-state index is 5.09. The first kappa shape index (κ1) is 12.2. The number of ether oxygens (including phenoxy) is 1. The van der Waals surface area contributed by atoms with Gasteiger partial charge in [0.05, 0.1) is 0 Å². The quantitative estimate of drug-likeness (QED) is 0.774. The molecule has 0 radical (unpaired) electrons. The van der Waals surface area contributed by atoms with Crippen LogP contribution in [0, 0.1) is 0 Å². The van der Waals surface area contributed by atoms with E-state index in [1.54, 1.807) is 7.11 Å². The predicted molar refractivity (Wildman–Crippen MR) is 63.9 cm³/mol. The van der Waals surface area contributed by atoms with Crippen LogP contribution in [-0.4, -0.2) is 19.3 Å². The minimum atomic E-state index is 0.131. The molecule has 0 aliphatic rings. The Kier molecular flexibility index (Phi) is 4.79. The number of nitrogens with one attached hydrogen (secondary N) is 1. The van der Waals surface area contributed by atoms with Gasteiger partial charge < -0.3 is 10.1 Å². The lowest BCUT2D eigenvalue weighted by Gasteiger charge is -2.26. The topological polar surface area (TPSA) is 21.3 Å². The maximum Gasteiger partial charge on any atom is 0.0479 e. The van der Waals surface area contributed by atoms with Gasteiger partial charge in [0.25, 0.3) is 0 Å². The van der Waals surface area contributed by atoms with Gasteiger partial charge in [-0.15, -0.1) is 0 Å². The third-order valence-electron chi connectivity index (χ3n) is 2.55. The van der Waals surface area contributed by atoms with Gasteiger partial charge in [0.2, 0.25) is 0 Å². The standard InChI is InChI=1S/C13H21NO/c1-13(2,9-10-15-3)14-11-12-7-5-4-6-8-12/h4-8,14H,9-11H2,1-3H3. The van der Waals surface area contributed by atoms with Gasteiger partial charge in [-0.25, -0.2) is 0 Å². The molecule has 1 aromatic carbocycles. The maximum absolute atomic E-state index is 5.09.